The van der Waals surface area contributed by atoms with E-state index in [9.17, 15) is 9.59 Å². The number of anilines is 3. The number of benzene rings is 2. The minimum Gasteiger partial charge on any atom is -0.372 e. The molecule has 118 valence electrons. The summed E-state index contributed by atoms with van der Waals surface area (Å²) in [6.07, 6.45) is 0.0339. The van der Waals surface area contributed by atoms with Crippen LogP contribution >= 0.6 is 11.6 Å². The van der Waals surface area contributed by atoms with Gasteiger partial charge in [-0.3, -0.25) is 9.59 Å². The van der Waals surface area contributed by atoms with Gasteiger partial charge in [-0.15, -0.1) is 0 Å². The molecule has 2 aromatic carbocycles. The SMILES string of the molecule is Cc1c(Cl)cccc1NC(=O)C[C@H]1Nc2ccccc2NC1=O. The summed E-state index contributed by atoms with van der Waals surface area (Å²) in [5.41, 5.74) is 2.98. The fraction of sp³-hybridized carbons (Fsp3) is 0.176. The summed E-state index contributed by atoms with van der Waals surface area (Å²) in [7, 11) is 0. The van der Waals surface area contributed by atoms with Crippen LogP contribution in [0.2, 0.25) is 5.02 Å². The Balaban J connectivity index is 1.69. The Morgan fingerprint density at radius 2 is 1.91 bits per heavy atom. The minimum atomic E-state index is -0.607. The molecule has 6 heteroatoms. The predicted molar refractivity (Wildman–Crippen MR) is 91.9 cm³/mol. The quantitative estimate of drug-likeness (QED) is 0.808. The van der Waals surface area contributed by atoms with Crippen molar-refractivity contribution in [1.29, 1.82) is 0 Å². The third-order valence-corrected chi connectivity index (χ3v) is 4.17. The first-order valence-electron chi connectivity index (χ1n) is 7.26. The smallest absolute Gasteiger partial charge is 0.247 e. The maximum Gasteiger partial charge on any atom is 0.247 e. The molecule has 1 aliphatic heterocycles. The molecule has 0 bridgehead atoms. The normalized spacial score (nSPS) is 16.1. The van der Waals surface area contributed by atoms with Crippen LogP contribution in [0.25, 0.3) is 0 Å². The van der Waals surface area contributed by atoms with Gasteiger partial charge in [0.15, 0.2) is 0 Å². The molecule has 0 saturated heterocycles. The van der Waals surface area contributed by atoms with Gasteiger partial charge in [0.2, 0.25) is 11.8 Å². The molecule has 0 spiro atoms. The number of hydrogen-bond acceptors (Lipinski definition) is 3. The van der Waals surface area contributed by atoms with Crippen molar-refractivity contribution in [2.24, 2.45) is 0 Å². The topological polar surface area (TPSA) is 70.2 Å². The lowest BCUT2D eigenvalue weighted by atomic mass is 10.1. The van der Waals surface area contributed by atoms with E-state index in [0.717, 1.165) is 16.9 Å². The van der Waals surface area contributed by atoms with Crippen molar-refractivity contribution in [3.8, 4) is 0 Å². The van der Waals surface area contributed by atoms with Crippen molar-refractivity contribution in [1.82, 2.24) is 0 Å². The van der Waals surface area contributed by atoms with Gasteiger partial charge in [0.25, 0.3) is 0 Å². The molecule has 2 amide bonds. The van der Waals surface area contributed by atoms with Gasteiger partial charge in [-0.1, -0.05) is 29.8 Å². The predicted octanol–water partition coefficient (Wildman–Crippen LogP) is 3.41. The summed E-state index contributed by atoms with van der Waals surface area (Å²) in [6, 6.07) is 12.1. The molecular weight excluding hydrogens is 314 g/mol. The molecule has 2 aromatic rings. The van der Waals surface area contributed by atoms with E-state index in [2.05, 4.69) is 16.0 Å². The molecular formula is C17H16ClN3O2. The number of halogens is 1. The van der Waals surface area contributed by atoms with Crippen LogP contribution in [0, 0.1) is 6.92 Å². The molecule has 5 nitrogen and oxygen atoms in total. The van der Waals surface area contributed by atoms with Crippen molar-refractivity contribution in [3.63, 3.8) is 0 Å². The van der Waals surface area contributed by atoms with E-state index in [0.29, 0.717) is 10.7 Å². The molecule has 0 aromatic heterocycles. The first kappa shape index (κ1) is 15.4. The maximum absolute atomic E-state index is 12.2. The summed E-state index contributed by atoms with van der Waals surface area (Å²) in [4.78, 5) is 24.3. The largest absolute Gasteiger partial charge is 0.372 e. The maximum atomic E-state index is 12.2. The van der Waals surface area contributed by atoms with E-state index in [1.54, 1.807) is 18.2 Å². The molecule has 1 atom stereocenters. The second kappa shape index (κ2) is 6.30. The number of carbonyl (C=O) groups is 2. The van der Waals surface area contributed by atoms with Gasteiger partial charge in [-0.25, -0.2) is 0 Å². The lowest BCUT2D eigenvalue weighted by Gasteiger charge is -2.26. The lowest BCUT2D eigenvalue weighted by Crippen LogP contribution is -2.41. The van der Waals surface area contributed by atoms with Gasteiger partial charge in [0.1, 0.15) is 6.04 Å². The fourth-order valence-corrected chi connectivity index (χ4v) is 2.64. The number of fused-ring (bicyclic) bond motifs is 1. The Labute approximate surface area is 139 Å². The lowest BCUT2D eigenvalue weighted by molar-refractivity contribution is -0.122. The minimum absolute atomic E-state index is 0.0339. The number of para-hydroxylation sites is 2. The van der Waals surface area contributed by atoms with Crippen molar-refractivity contribution in [2.45, 2.75) is 19.4 Å². The highest BCUT2D eigenvalue weighted by Gasteiger charge is 2.27. The van der Waals surface area contributed by atoms with Crippen LogP contribution in [0.15, 0.2) is 42.5 Å². The Hall–Kier alpha value is -2.53. The Bertz CT molecular complexity index is 776. The Morgan fingerprint density at radius 1 is 1.17 bits per heavy atom. The molecule has 0 fully saturated rings. The van der Waals surface area contributed by atoms with Crippen LogP contribution in [0.5, 0.6) is 0 Å². The average Bonchev–Trinajstić information content (AvgIpc) is 2.52. The van der Waals surface area contributed by atoms with E-state index < -0.39 is 6.04 Å². The van der Waals surface area contributed by atoms with Crippen molar-refractivity contribution in [3.05, 3.63) is 53.1 Å². The number of carbonyl (C=O) groups excluding carboxylic acids is 2. The van der Waals surface area contributed by atoms with Crippen LogP contribution in [0.4, 0.5) is 17.1 Å². The zero-order chi connectivity index (χ0) is 16.4. The van der Waals surface area contributed by atoms with Crippen LogP contribution in [-0.2, 0) is 9.59 Å². The van der Waals surface area contributed by atoms with Crippen molar-refractivity contribution >= 4 is 40.5 Å². The molecule has 23 heavy (non-hydrogen) atoms. The summed E-state index contributed by atoms with van der Waals surface area (Å²) < 4.78 is 0. The van der Waals surface area contributed by atoms with Gasteiger partial charge >= 0.3 is 0 Å². The first-order valence-corrected chi connectivity index (χ1v) is 7.64. The molecule has 1 heterocycles. The van der Waals surface area contributed by atoms with E-state index in [-0.39, 0.29) is 18.2 Å². The molecule has 3 N–H and O–H groups in total. The van der Waals surface area contributed by atoms with Gasteiger partial charge in [0, 0.05) is 10.7 Å². The van der Waals surface area contributed by atoms with Crippen LogP contribution < -0.4 is 16.0 Å². The second-order valence-electron chi connectivity index (χ2n) is 5.40. The molecule has 0 saturated carbocycles. The number of amides is 2. The van der Waals surface area contributed by atoms with Crippen LogP contribution in [-0.4, -0.2) is 17.9 Å². The summed E-state index contributed by atoms with van der Waals surface area (Å²) in [5, 5.41) is 9.28. The zero-order valence-electron chi connectivity index (χ0n) is 12.5. The fourth-order valence-electron chi connectivity index (χ4n) is 2.46. The Morgan fingerprint density at radius 3 is 2.70 bits per heavy atom. The number of rotatable bonds is 3. The number of nitrogens with one attached hydrogen (secondary N) is 3. The highest BCUT2D eigenvalue weighted by atomic mass is 35.5. The third-order valence-electron chi connectivity index (χ3n) is 3.76. The van der Waals surface area contributed by atoms with Gasteiger partial charge in [0.05, 0.1) is 17.8 Å². The molecule has 0 aliphatic carbocycles. The monoisotopic (exact) mass is 329 g/mol. The number of hydrogen-bond donors (Lipinski definition) is 3. The van der Waals surface area contributed by atoms with Gasteiger partial charge in [-0.2, -0.15) is 0 Å². The van der Waals surface area contributed by atoms with Gasteiger partial charge in [-0.05, 0) is 36.8 Å². The van der Waals surface area contributed by atoms with E-state index >= 15 is 0 Å². The first-order chi connectivity index (χ1) is 11.0. The Kier molecular flexibility index (Phi) is 4.21. The summed E-state index contributed by atoms with van der Waals surface area (Å²) >= 11 is 6.04. The molecule has 1 aliphatic rings. The molecule has 3 rings (SSSR count). The van der Waals surface area contributed by atoms with E-state index in [1.165, 1.54) is 0 Å². The van der Waals surface area contributed by atoms with Gasteiger partial charge < -0.3 is 16.0 Å². The highest BCUT2D eigenvalue weighted by Crippen LogP contribution is 2.27. The third kappa shape index (κ3) is 3.29. The van der Waals surface area contributed by atoms with Crippen molar-refractivity contribution < 1.29 is 9.59 Å². The van der Waals surface area contributed by atoms with Crippen molar-refractivity contribution in [2.75, 3.05) is 16.0 Å². The summed E-state index contributed by atoms with van der Waals surface area (Å²) in [6.45, 7) is 1.83. The van der Waals surface area contributed by atoms with Crippen LogP contribution in [0.3, 0.4) is 0 Å². The molecule has 0 unspecified atom stereocenters. The molecule has 0 radical (unpaired) electrons. The standard InChI is InChI=1S/C17H16ClN3O2/c1-10-11(18)5-4-8-12(10)20-16(22)9-15-17(23)21-14-7-3-2-6-13(14)19-15/h2-8,15,19H,9H2,1H3,(H,20,22)(H,21,23)/t15-/m1/s1. The average molecular weight is 330 g/mol. The second-order valence-corrected chi connectivity index (χ2v) is 5.80. The summed E-state index contributed by atoms with van der Waals surface area (Å²) in [5.74, 6) is -0.468. The van der Waals surface area contributed by atoms with E-state index in [4.69, 9.17) is 11.6 Å². The van der Waals surface area contributed by atoms with Crippen LogP contribution in [0.1, 0.15) is 12.0 Å². The zero-order valence-corrected chi connectivity index (χ0v) is 13.3. The van der Waals surface area contributed by atoms with E-state index in [1.807, 2.05) is 31.2 Å². The highest BCUT2D eigenvalue weighted by molar-refractivity contribution is 6.31.